The normalized spacial score (nSPS) is 17.9. The van der Waals surface area contributed by atoms with Gasteiger partial charge in [-0.2, -0.15) is 0 Å². The third-order valence-corrected chi connectivity index (χ3v) is 6.48. The Morgan fingerprint density at radius 1 is 1.18 bits per heavy atom. The van der Waals surface area contributed by atoms with Gasteiger partial charge in [0.25, 0.3) is 5.91 Å². The predicted octanol–water partition coefficient (Wildman–Crippen LogP) is 2.13. The highest BCUT2D eigenvalue weighted by molar-refractivity contribution is 7.91. The van der Waals surface area contributed by atoms with Gasteiger partial charge in [0.15, 0.2) is 21.3 Å². The molecule has 1 aromatic heterocycles. The van der Waals surface area contributed by atoms with E-state index in [9.17, 15) is 13.2 Å². The van der Waals surface area contributed by atoms with Crippen LogP contribution in [0, 0.1) is 0 Å². The van der Waals surface area contributed by atoms with Crippen LogP contribution in [0.15, 0.2) is 34.9 Å². The van der Waals surface area contributed by atoms with E-state index in [-0.39, 0.29) is 24.0 Å². The molecule has 0 saturated carbocycles. The number of benzene rings is 1. The van der Waals surface area contributed by atoms with Gasteiger partial charge in [0.05, 0.1) is 45.6 Å². The van der Waals surface area contributed by atoms with Gasteiger partial charge >= 0.3 is 0 Å². The lowest BCUT2D eigenvalue weighted by Crippen LogP contribution is -2.40. The SMILES string of the molecule is COc1cc(C(=O)N(Cc2ccco2)[C@H]2CCS(=O)(=O)C2)cc(OC)c1OC. The van der Waals surface area contributed by atoms with E-state index < -0.39 is 15.9 Å². The molecule has 0 bridgehead atoms. The Balaban J connectivity index is 1.99. The number of rotatable bonds is 7. The van der Waals surface area contributed by atoms with Crippen LogP contribution in [0.2, 0.25) is 0 Å². The van der Waals surface area contributed by atoms with Crippen LogP contribution in [0.25, 0.3) is 0 Å². The van der Waals surface area contributed by atoms with Gasteiger partial charge in [-0.3, -0.25) is 4.79 Å². The summed E-state index contributed by atoms with van der Waals surface area (Å²) in [6, 6.07) is 6.16. The Morgan fingerprint density at radius 2 is 1.86 bits per heavy atom. The van der Waals surface area contributed by atoms with Gasteiger partial charge in [-0.15, -0.1) is 0 Å². The van der Waals surface area contributed by atoms with E-state index in [0.29, 0.717) is 35.0 Å². The predicted molar refractivity (Wildman–Crippen MR) is 102 cm³/mol. The average molecular weight is 409 g/mol. The van der Waals surface area contributed by atoms with Crippen molar-refractivity contribution in [2.45, 2.75) is 19.0 Å². The van der Waals surface area contributed by atoms with E-state index in [1.54, 1.807) is 24.3 Å². The van der Waals surface area contributed by atoms with E-state index >= 15 is 0 Å². The molecule has 1 aliphatic heterocycles. The summed E-state index contributed by atoms with van der Waals surface area (Å²) in [5.41, 5.74) is 0.311. The van der Waals surface area contributed by atoms with E-state index in [1.807, 2.05) is 0 Å². The molecule has 0 spiro atoms. The summed E-state index contributed by atoms with van der Waals surface area (Å²) in [5, 5.41) is 0. The molecule has 152 valence electrons. The van der Waals surface area contributed by atoms with Crippen molar-refractivity contribution in [1.29, 1.82) is 0 Å². The van der Waals surface area contributed by atoms with E-state index in [2.05, 4.69) is 0 Å². The minimum Gasteiger partial charge on any atom is -0.493 e. The van der Waals surface area contributed by atoms with Crippen LogP contribution in [-0.4, -0.2) is 58.1 Å². The van der Waals surface area contributed by atoms with Gasteiger partial charge < -0.3 is 23.5 Å². The number of carbonyl (C=O) groups is 1. The summed E-state index contributed by atoms with van der Waals surface area (Å²) in [4.78, 5) is 14.9. The molecular formula is C19H23NO7S. The Bertz CT molecular complexity index is 912. The lowest BCUT2D eigenvalue weighted by molar-refractivity contribution is 0.0665. The Hall–Kier alpha value is -2.68. The first-order valence-corrected chi connectivity index (χ1v) is 10.5. The zero-order valence-electron chi connectivity index (χ0n) is 16.0. The van der Waals surface area contributed by atoms with E-state index in [4.69, 9.17) is 18.6 Å². The number of carbonyl (C=O) groups excluding carboxylic acids is 1. The maximum Gasteiger partial charge on any atom is 0.254 e. The molecule has 1 atom stereocenters. The second-order valence-electron chi connectivity index (χ2n) is 6.48. The maximum atomic E-state index is 13.3. The first-order valence-electron chi connectivity index (χ1n) is 8.72. The summed E-state index contributed by atoms with van der Waals surface area (Å²) < 4.78 is 45.3. The standard InChI is InChI=1S/C19H23NO7S/c1-24-16-9-13(10-17(25-2)18(16)26-3)19(21)20(11-15-5-4-7-27-15)14-6-8-28(22,23)12-14/h4-5,7,9-10,14H,6,8,11-12H2,1-3H3/t14-/m0/s1. The molecule has 1 saturated heterocycles. The highest BCUT2D eigenvalue weighted by atomic mass is 32.2. The molecule has 1 amide bonds. The number of hydrogen-bond donors (Lipinski definition) is 0. The topological polar surface area (TPSA) is 95.3 Å². The van der Waals surface area contributed by atoms with E-state index in [0.717, 1.165) is 0 Å². The van der Waals surface area contributed by atoms with Crippen molar-refractivity contribution < 1.29 is 31.8 Å². The van der Waals surface area contributed by atoms with Crippen molar-refractivity contribution in [2.75, 3.05) is 32.8 Å². The van der Waals surface area contributed by atoms with Gasteiger partial charge in [0.1, 0.15) is 5.76 Å². The van der Waals surface area contributed by atoms with Crippen LogP contribution in [-0.2, 0) is 16.4 Å². The van der Waals surface area contributed by atoms with Crippen molar-refractivity contribution >= 4 is 15.7 Å². The minimum absolute atomic E-state index is 0.0643. The highest BCUT2D eigenvalue weighted by Crippen LogP contribution is 2.39. The first kappa shape index (κ1) is 20.1. The smallest absolute Gasteiger partial charge is 0.254 e. The Labute approximate surface area is 163 Å². The van der Waals surface area contributed by atoms with Crippen LogP contribution in [0.4, 0.5) is 0 Å². The lowest BCUT2D eigenvalue weighted by Gasteiger charge is -2.28. The summed E-state index contributed by atoms with van der Waals surface area (Å²) in [6.45, 7) is 0.169. The fraction of sp³-hybridized carbons (Fsp3) is 0.421. The fourth-order valence-corrected chi connectivity index (χ4v) is 5.06. The second kappa shape index (κ2) is 8.14. The number of nitrogens with zero attached hydrogens (tertiary/aromatic N) is 1. The molecule has 28 heavy (non-hydrogen) atoms. The number of ether oxygens (including phenoxy) is 3. The van der Waals surface area contributed by atoms with Gasteiger partial charge in [-0.25, -0.2) is 8.42 Å². The monoisotopic (exact) mass is 409 g/mol. The second-order valence-corrected chi connectivity index (χ2v) is 8.71. The molecule has 0 radical (unpaired) electrons. The maximum absolute atomic E-state index is 13.3. The van der Waals surface area contributed by atoms with Crippen molar-refractivity contribution in [3.63, 3.8) is 0 Å². The summed E-state index contributed by atoms with van der Waals surface area (Å²) in [6.07, 6.45) is 1.90. The molecule has 0 N–H and O–H groups in total. The molecule has 0 aliphatic carbocycles. The fourth-order valence-electron chi connectivity index (χ4n) is 3.33. The van der Waals surface area contributed by atoms with Crippen molar-refractivity contribution in [1.82, 2.24) is 4.90 Å². The van der Waals surface area contributed by atoms with Gasteiger partial charge in [-0.1, -0.05) is 0 Å². The van der Waals surface area contributed by atoms with Crippen molar-refractivity contribution in [3.8, 4) is 17.2 Å². The average Bonchev–Trinajstić information content (AvgIpc) is 3.33. The number of furan rings is 1. The van der Waals surface area contributed by atoms with Crippen LogP contribution in [0.5, 0.6) is 17.2 Å². The highest BCUT2D eigenvalue weighted by Gasteiger charge is 2.36. The van der Waals surface area contributed by atoms with E-state index in [1.165, 1.54) is 32.5 Å². The lowest BCUT2D eigenvalue weighted by atomic mass is 10.1. The van der Waals surface area contributed by atoms with Gasteiger partial charge in [0, 0.05) is 11.6 Å². The van der Waals surface area contributed by atoms with Crippen molar-refractivity contribution in [3.05, 3.63) is 41.9 Å². The molecule has 2 aromatic rings. The largest absolute Gasteiger partial charge is 0.493 e. The van der Waals surface area contributed by atoms with Crippen LogP contribution in [0.1, 0.15) is 22.5 Å². The van der Waals surface area contributed by atoms with Crippen molar-refractivity contribution in [2.24, 2.45) is 0 Å². The zero-order valence-corrected chi connectivity index (χ0v) is 16.8. The zero-order chi connectivity index (χ0) is 20.3. The summed E-state index contributed by atoms with van der Waals surface area (Å²) >= 11 is 0. The number of sulfone groups is 1. The molecule has 1 aliphatic rings. The minimum atomic E-state index is -3.17. The van der Waals surface area contributed by atoms with Crippen LogP contribution < -0.4 is 14.2 Å². The molecule has 1 aromatic carbocycles. The molecule has 1 fully saturated rings. The third-order valence-electron chi connectivity index (χ3n) is 4.73. The molecule has 8 nitrogen and oxygen atoms in total. The van der Waals surface area contributed by atoms with Gasteiger partial charge in [0.2, 0.25) is 5.75 Å². The molecule has 2 heterocycles. The number of hydrogen-bond acceptors (Lipinski definition) is 7. The summed E-state index contributed by atoms with van der Waals surface area (Å²) in [5.74, 6) is 1.31. The quantitative estimate of drug-likeness (QED) is 0.691. The Morgan fingerprint density at radius 3 is 2.32 bits per heavy atom. The molecule has 3 rings (SSSR count). The Kier molecular flexibility index (Phi) is 5.83. The first-order chi connectivity index (χ1) is 13.4. The molecular weight excluding hydrogens is 386 g/mol. The van der Waals surface area contributed by atoms with Crippen LogP contribution in [0.3, 0.4) is 0 Å². The summed E-state index contributed by atoms with van der Waals surface area (Å²) in [7, 11) is 1.25. The molecule has 9 heteroatoms. The van der Waals surface area contributed by atoms with Gasteiger partial charge in [-0.05, 0) is 30.7 Å². The molecule has 0 unspecified atom stereocenters. The van der Waals surface area contributed by atoms with Crippen LogP contribution >= 0.6 is 0 Å². The number of amides is 1. The third kappa shape index (κ3) is 4.09. The number of methoxy groups -OCH3 is 3.